The van der Waals surface area contributed by atoms with Crippen LogP contribution in [0, 0.1) is 46.5 Å². The molecule has 0 aliphatic carbocycles. The summed E-state index contributed by atoms with van der Waals surface area (Å²) in [6.45, 7) is 0. The van der Waals surface area contributed by atoms with Crippen molar-refractivity contribution in [3.63, 3.8) is 0 Å². The number of aromatic nitrogens is 8. The molecule has 4 aromatic carbocycles. The zero-order chi connectivity index (χ0) is 33.2. The van der Waals surface area contributed by atoms with Crippen LogP contribution < -0.4 is 9.97 Å². The monoisotopic (exact) mass is 770 g/mol. The van der Waals surface area contributed by atoms with E-state index in [4.69, 9.17) is 0 Å². The van der Waals surface area contributed by atoms with Gasteiger partial charge >= 0.3 is 27.3 Å². The summed E-state index contributed by atoms with van der Waals surface area (Å²) in [5.74, 6) is -10.8. The molecule has 17 heteroatoms. The fourth-order valence-corrected chi connectivity index (χ4v) is 5.85. The van der Waals surface area contributed by atoms with E-state index >= 15 is 35.1 Å². The van der Waals surface area contributed by atoms with Gasteiger partial charge in [0.2, 0.25) is 0 Å². The van der Waals surface area contributed by atoms with Gasteiger partial charge in [0, 0.05) is 44.1 Å². The fourth-order valence-electron chi connectivity index (χ4n) is 5.85. The zero-order valence-corrected chi connectivity index (χ0v) is 28.0. The van der Waals surface area contributed by atoms with Gasteiger partial charge in [0.15, 0.2) is 0 Å². The molecule has 2 aliphatic heterocycles. The second kappa shape index (κ2) is 10.8. The molecule has 49 heavy (non-hydrogen) atoms. The van der Waals surface area contributed by atoms with Crippen LogP contribution in [0.2, 0.25) is 0 Å². The van der Waals surface area contributed by atoms with Crippen LogP contribution in [0.4, 0.5) is 35.1 Å². The van der Waals surface area contributed by atoms with E-state index in [0.717, 1.165) is 48.5 Å². The van der Waals surface area contributed by atoms with E-state index in [1.54, 1.807) is 0 Å². The van der Waals surface area contributed by atoms with Crippen LogP contribution in [0.1, 0.15) is 0 Å². The minimum atomic E-state index is -1.05. The van der Waals surface area contributed by atoms with Crippen LogP contribution in [-0.4, -0.2) is 29.9 Å². The molecular weight excluding hydrogens is 761 g/mol. The first kappa shape index (κ1) is 30.9. The van der Waals surface area contributed by atoms with Crippen molar-refractivity contribution in [3.8, 4) is 45.6 Å². The maximum Gasteiger partial charge on any atom is 2.00 e. The Labute approximate surface area is 286 Å². The predicted molar refractivity (Wildman–Crippen MR) is 154 cm³/mol. The molecule has 9 rings (SSSR count). The molecule has 3 aromatic heterocycles. The number of halogens is 8. The molecule has 2 aliphatic rings. The van der Waals surface area contributed by atoms with E-state index in [1.807, 2.05) is 0 Å². The van der Waals surface area contributed by atoms with Crippen LogP contribution >= 0.6 is 0 Å². The van der Waals surface area contributed by atoms with Crippen LogP contribution in [0.25, 0.3) is 89.7 Å². The molecule has 0 N–H and O–H groups in total. The molecule has 0 amide bonds. The van der Waals surface area contributed by atoms with E-state index in [1.165, 1.54) is 0 Å². The van der Waals surface area contributed by atoms with Crippen molar-refractivity contribution in [2.75, 3.05) is 0 Å². The summed E-state index contributed by atoms with van der Waals surface area (Å²) < 4.78 is 122. The zero-order valence-electron chi connectivity index (χ0n) is 23.9. The normalized spacial score (nSPS) is 11.9. The second-order valence-corrected chi connectivity index (χ2v) is 10.6. The van der Waals surface area contributed by atoms with Crippen LogP contribution in [0.5, 0.6) is 0 Å². The largest absolute Gasteiger partial charge is 2.00 e. The molecule has 0 atom stereocenters. The predicted octanol–water partition coefficient (Wildman–Crippen LogP) is 7.24. The second-order valence-electron chi connectivity index (χ2n) is 10.6. The van der Waals surface area contributed by atoms with Crippen molar-refractivity contribution in [2.24, 2.45) is 0 Å². The first-order valence-electron chi connectivity index (χ1n) is 13.7. The van der Waals surface area contributed by atoms with Crippen molar-refractivity contribution in [1.29, 1.82) is 0 Å². The maximum atomic E-state index is 15.3. The summed E-state index contributed by atoms with van der Waals surface area (Å²) in [4.78, 5) is 33.0. The van der Waals surface area contributed by atoms with Gasteiger partial charge < -0.3 is 29.9 Å². The Bertz CT molecular complexity index is 2430. The standard InChI is InChI=1S/C32H8F8N8.Cd/c33-9-1-2-10(34)18-17(9)25-41-26(18)46-28-21-13(37)5-6-14(38)22(21)30(43-28)48-32-24-16(40)8-7-15(39)23(24)31(44-32)47-29-20-12(36)4-3-11(35)19(20)27(42-29)45-25;/h1-8H;/q-2;+2. The maximum absolute atomic E-state index is 15.3. The SMILES string of the molecule is Fc1ccc(F)c2c1-c1nc-2nc2[n-]c(nc3nc(nc4[n-]c(n1)c1c(F)ccc(F)c41)-c1c(F)ccc(F)c1-3)c1c(F)ccc(F)c21.[Cd+2]. The molecular formula is C32H8CdF8N8. The van der Waals surface area contributed by atoms with E-state index in [-0.39, 0.29) is 27.3 Å². The van der Waals surface area contributed by atoms with Gasteiger partial charge in [-0.1, -0.05) is 0 Å². The molecule has 8 bridgehead atoms. The Morgan fingerprint density at radius 2 is 0.510 bits per heavy atom. The third kappa shape index (κ3) is 4.38. The number of fused-ring (bicyclic) bond motifs is 20. The van der Waals surface area contributed by atoms with E-state index in [9.17, 15) is 0 Å². The summed E-state index contributed by atoms with van der Waals surface area (Å²) in [7, 11) is 0. The fraction of sp³-hybridized carbons (Fsp3) is 0. The Morgan fingerprint density at radius 3 is 0.735 bits per heavy atom. The van der Waals surface area contributed by atoms with Crippen LogP contribution in [-0.2, 0) is 27.3 Å². The number of rotatable bonds is 0. The van der Waals surface area contributed by atoms with E-state index in [0.29, 0.717) is 0 Å². The van der Waals surface area contributed by atoms with Gasteiger partial charge in [0.25, 0.3) is 0 Å². The number of hydrogen-bond acceptors (Lipinski definition) is 6. The Kier molecular flexibility index (Phi) is 6.82. The molecule has 234 valence electrons. The molecule has 8 nitrogen and oxygen atoms in total. The molecule has 0 radical (unpaired) electrons. The summed E-state index contributed by atoms with van der Waals surface area (Å²) in [5, 5.41) is -2.21. The van der Waals surface area contributed by atoms with Crippen LogP contribution in [0.15, 0.2) is 48.5 Å². The first-order chi connectivity index (χ1) is 23.1. The Balaban J connectivity index is 0.00000348. The molecule has 0 fully saturated rings. The van der Waals surface area contributed by atoms with Crippen molar-refractivity contribution >= 4 is 44.1 Å². The van der Waals surface area contributed by atoms with Gasteiger partial charge in [-0.05, 0) is 48.5 Å². The van der Waals surface area contributed by atoms with E-state index in [2.05, 4.69) is 39.9 Å². The average molecular weight is 769 g/mol. The van der Waals surface area contributed by atoms with Gasteiger partial charge in [-0.3, -0.25) is 0 Å². The topological polar surface area (TPSA) is 106 Å². The number of nitrogens with zero attached hydrogens (tertiary/aromatic N) is 8. The van der Waals surface area contributed by atoms with Crippen molar-refractivity contribution < 1.29 is 62.4 Å². The Morgan fingerprint density at radius 1 is 0.306 bits per heavy atom. The molecule has 5 heterocycles. The van der Waals surface area contributed by atoms with E-state index < -0.39 is 136 Å². The van der Waals surface area contributed by atoms with Gasteiger partial charge in [-0.15, -0.1) is 0 Å². The third-order valence-corrected chi connectivity index (χ3v) is 7.90. The van der Waals surface area contributed by atoms with Crippen molar-refractivity contribution in [3.05, 3.63) is 95.1 Å². The molecule has 7 aromatic rings. The smallest absolute Gasteiger partial charge is 0.357 e. The third-order valence-electron chi connectivity index (χ3n) is 7.90. The van der Waals surface area contributed by atoms with Gasteiger partial charge in [0.1, 0.15) is 46.5 Å². The summed E-state index contributed by atoms with van der Waals surface area (Å²) >= 11 is 0. The van der Waals surface area contributed by atoms with Gasteiger partial charge in [0.05, 0.1) is 45.6 Å². The minimum Gasteiger partial charge on any atom is -0.357 e. The summed E-state index contributed by atoms with van der Waals surface area (Å²) in [5.41, 5.74) is -4.59. The van der Waals surface area contributed by atoms with Gasteiger partial charge in [-0.2, -0.15) is 0 Å². The van der Waals surface area contributed by atoms with Gasteiger partial charge in [-0.25, -0.2) is 45.1 Å². The average Bonchev–Trinajstić information content (AvgIpc) is 3.80. The summed E-state index contributed by atoms with van der Waals surface area (Å²) in [6, 6.07) is 6.12. The molecule has 0 spiro atoms. The Hall–Kier alpha value is -5.40. The van der Waals surface area contributed by atoms with Crippen LogP contribution in [0.3, 0.4) is 0 Å². The number of benzene rings is 4. The molecule has 0 unspecified atom stereocenters. The minimum absolute atomic E-state index is 0. The van der Waals surface area contributed by atoms with Crippen molar-refractivity contribution in [1.82, 2.24) is 39.9 Å². The number of hydrogen-bond donors (Lipinski definition) is 0. The quantitative estimate of drug-likeness (QED) is 0.118. The first-order valence-corrected chi connectivity index (χ1v) is 13.7. The molecule has 0 saturated carbocycles. The van der Waals surface area contributed by atoms with Crippen molar-refractivity contribution in [2.45, 2.75) is 0 Å². The summed E-state index contributed by atoms with van der Waals surface area (Å²) in [6.07, 6.45) is 0. The molecule has 0 saturated heterocycles.